The predicted molar refractivity (Wildman–Crippen MR) is 104 cm³/mol. The van der Waals surface area contributed by atoms with Crippen LogP contribution in [-0.2, 0) is 14.3 Å². The Labute approximate surface area is 167 Å². The standard InChI is InChI=1S/C18H22Cl2N2O3S/c19-14-1-2-15(20)16(11-14)26-12-17(23)21-5-3-13(4-6-21)18(24)22-7-9-25-10-8-22/h1-2,11,13H,3-10,12H2. The van der Waals surface area contributed by atoms with E-state index >= 15 is 0 Å². The van der Waals surface area contributed by atoms with Crippen LogP contribution in [0.1, 0.15) is 12.8 Å². The molecule has 2 amide bonds. The number of thioether (sulfide) groups is 1. The van der Waals surface area contributed by atoms with Gasteiger partial charge in [-0.3, -0.25) is 9.59 Å². The van der Waals surface area contributed by atoms with E-state index in [0.29, 0.717) is 55.2 Å². The number of nitrogens with zero attached hydrogens (tertiary/aromatic N) is 2. The Bertz CT molecular complexity index is 660. The van der Waals surface area contributed by atoms with Crippen LogP contribution >= 0.6 is 35.0 Å². The molecule has 1 aromatic carbocycles. The normalized spacial score (nSPS) is 18.8. The van der Waals surface area contributed by atoms with Crippen molar-refractivity contribution >= 4 is 46.8 Å². The maximum atomic E-state index is 12.5. The highest BCUT2D eigenvalue weighted by atomic mass is 35.5. The number of benzene rings is 1. The Morgan fingerprint density at radius 3 is 2.46 bits per heavy atom. The zero-order valence-corrected chi connectivity index (χ0v) is 16.8. The summed E-state index contributed by atoms with van der Waals surface area (Å²) < 4.78 is 5.30. The zero-order chi connectivity index (χ0) is 18.5. The second kappa shape index (κ2) is 9.31. The van der Waals surface area contributed by atoms with Crippen molar-refractivity contribution in [3.05, 3.63) is 28.2 Å². The Balaban J connectivity index is 1.46. The van der Waals surface area contributed by atoms with E-state index in [4.69, 9.17) is 27.9 Å². The highest BCUT2D eigenvalue weighted by molar-refractivity contribution is 8.00. The quantitative estimate of drug-likeness (QED) is 0.707. The highest BCUT2D eigenvalue weighted by Gasteiger charge is 2.30. The van der Waals surface area contributed by atoms with Crippen LogP contribution in [0.25, 0.3) is 0 Å². The van der Waals surface area contributed by atoms with E-state index in [2.05, 4.69) is 0 Å². The first kappa shape index (κ1) is 19.8. The number of piperidine rings is 1. The Kier molecular flexibility index (Phi) is 7.09. The van der Waals surface area contributed by atoms with Gasteiger partial charge in [0.25, 0.3) is 0 Å². The van der Waals surface area contributed by atoms with Crippen LogP contribution in [0, 0.1) is 5.92 Å². The predicted octanol–water partition coefficient (Wildman–Crippen LogP) is 3.18. The number of morpholine rings is 1. The van der Waals surface area contributed by atoms with Gasteiger partial charge in [0.1, 0.15) is 0 Å². The SMILES string of the molecule is O=C(CSc1cc(Cl)ccc1Cl)N1CCC(C(=O)N2CCOCC2)CC1. The average molecular weight is 417 g/mol. The van der Waals surface area contributed by atoms with E-state index in [-0.39, 0.29) is 17.7 Å². The van der Waals surface area contributed by atoms with Crippen molar-refractivity contribution in [2.75, 3.05) is 45.1 Å². The van der Waals surface area contributed by atoms with E-state index in [1.165, 1.54) is 11.8 Å². The first-order valence-electron chi connectivity index (χ1n) is 8.77. The summed E-state index contributed by atoms with van der Waals surface area (Å²) >= 11 is 13.5. The van der Waals surface area contributed by atoms with Crippen LogP contribution in [0.2, 0.25) is 10.0 Å². The summed E-state index contributed by atoms with van der Waals surface area (Å²) in [5.74, 6) is 0.623. The van der Waals surface area contributed by atoms with Crippen LogP contribution in [0.3, 0.4) is 0 Å². The molecule has 26 heavy (non-hydrogen) atoms. The Hall–Kier alpha value is -0.950. The van der Waals surface area contributed by atoms with Crippen molar-refractivity contribution in [3.8, 4) is 0 Å². The number of amides is 2. The second-order valence-electron chi connectivity index (χ2n) is 6.46. The van der Waals surface area contributed by atoms with Gasteiger partial charge in [-0.25, -0.2) is 0 Å². The van der Waals surface area contributed by atoms with E-state index in [1.54, 1.807) is 18.2 Å². The molecule has 8 heteroatoms. The van der Waals surface area contributed by atoms with Crippen LogP contribution in [0.4, 0.5) is 0 Å². The first-order chi connectivity index (χ1) is 12.5. The zero-order valence-electron chi connectivity index (χ0n) is 14.5. The number of likely N-dealkylation sites (tertiary alicyclic amines) is 1. The maximum absolute atomic E-state index is 12.5. The molecule has 5 nitrogen and oxygen atoms in total. The van der Waals surface area contributed by atoms with E-state index < -0.39 is 0 Å². The monoisotopic (exact) mass is 416 g/mol. The number of hydrogen-bond donors (Lipinski definition) is 0. The van der Waals surface area contributed by atoms with Crippen molar-refractivity contribution in [1.82, 2.24) is 9.80 Å². The Morgan fingerprint density at radius 2 is 1.77 bits per heavy atom. The minimum absolute atomic E-state index is 0.0205. The average Bonchev–Trinajstić information content (AvgIpc) is 2.68. The molecule has 0 aliphatic carbocycles. The lowest BCUT2D eigenvalue weighted by Gasteiger charge is -2.35. The van der Waals surface area contributed by atoms with Crippen molar-refractivity contribution in [2.24, 2.45) is 5.92 Å². The van der Waals surface area contributed by atoms with Gasteiger partial charge in [0.15, 0.2) is 0 Å². The molecule has 0 bridgehead atoms. The van der Waals surface area contributed by atoms with Crippen LogP contribution in [-0.4, -0.2) is 66.8 Å². The number of halogens is 2. The summed E-state index contributed by atoms with van der Waals surface area (Å²) in [5.41, 5.74) is 0. The minimum atomic E-state index is 0.0205. The van der Waals surface area contributed by atoms with Crippen molar-refractivity contribution in [1.29, 1.82) is 0 Å². The van der Waals surface area contributed by atoms with Crippen molar-refractivity contribution in [2.45, 2.75) is 17.7 Å². The van der Waals surface area contributed by atoms with Gasteiger partial charge < -0.3 is 14.5 Å². The molecule has 0 aromatic heterocycles. The van der Waals surface area contributed by atoms with Gasteiger partial charge in [-0.1, -0.05) is 23.2 Å². The molecule has 142 valence electrons. The van der Waals surface area contributed by atoms with Crippen molar-refractivity contribution in [3.63, 3.8) is 0 Å². The van der Waals surface area contributed by atoms with E-state index in [0.717, 1.165) is 17.7 Å². The summed E-state index contributed by atoms with van der Waals surface area (Å²) in [4.78, 5) is 29.6. The summed E-state index contributed by atoms with van der Waals surface area (Å²) in [6.45, 7) is 3.84. The molecule has 0 N–H and O–H groups in total. The van der Waals surface area contributed by atoms with Crippen LogP contribution in [0.5, 0.6) is 0 Å². The molecular weight excluding hydrogens is 395 g/mol. The molecule has 2 aliphatic heterocycles. The molecule has 2 heterocycles. The third kappa shape index (κ3) is 5.06. The lowest BCUT2D eigenvalue weighted by molar-refractivity contribution is -0.143. The molecule has 3 rings (SSSR count). The van der Waals surface area contributed by atoms with E-state index in [1.807, 2.05) is 9.80 Å². The number of carbonyl (C=O) groups is 2. The van der Waals surface area contributed by atoms with Gasteiger partial charge in [-0.15, -0.1) is 11.8 Å². The fourth-order valence-electron chi connectivity index (χ4n) is 3.24. The lowest BCUT2D eigenvalue weighted by Crippen LogP contribution is -2.47. The third-order valence-corrected chi connectivity index (χ3v) is 6.48. The van der Waals surface area contributed by atoms with Gasteiger partial charge in [0, 0.05) is 42.0 Å². The first-order valence-corrected chi connectivity index (χ1v) is 10.5. The molecular formula is C18H22Cl2N2O3S. The van der Waals surface area contributed by atoms with Gasteiger partial charge in [0.2, 0.25) is 11.8 Å². The van der Waals surface area contributed by atoms with Crippen molar-refractivity contribution < 1.29 is 14.3 Å². The van der Waals surface area contributed by atoms with Gasteiger partial charge in [-0.2, -0.15) is 0 Å². The minimum Gasteiger partial charge on any atom is -0.378 e. The molecule has 2 saturated heterocycles. The summed E-state index contributed by atoms with van der Waals surface area (Å²) in [6.07, 6.45) is 1.45. The third-order valence-electron chi connectivity index (χ3n) is 4.76. The van der Waals surface area contributed by atoms with Crippen LogP contribution in [0.15, 0.2) is 23.1 Å². The fraction of sp³-hybridized carbons (Fsp3) is 0.556. The molecule has 1 aromatic rings. The molecule has 0 atom stereocenters. The Morgan fingerprint density at radius 1 is 1.08 bits per heavy atom. The summed E-state index contributed by atoms with van der Waals surface area (Å²) in [5, 5.41) is 1.20. The highest BCUT2D eigenvalue weighted by Crippen LogP contribution is 2.30. The lowest BCUT2D eigenvalue weighted by atomic mass is 9.95. The van der Waals surface area contributed by atoms with Gasteiger partial charge >= 0.3 is 0 Å². The molecule has 2 fully saturated rings. The molecule has 0 spiro atoms. The maximum Gasteiger partial charge on any atom is 0.232 e. The molecule has 0 saturated carbocycles. The second-order valence-corrected chi connectivity index (χ2v) is 8.32. The van der Waals surface area contributed by atoms with Gasteiger partial charge in [0.05, 0.1) is 24.0 Å². The number of hydrogen-bond acceptors (Lipinski definition) is 4. The number of ether oxygens (including phenoxy) is 1. The molecule has 0 unspecified atom stereocenters. The summed E-state index contributed by atoms with van der Waals surface area (Å²) in [7, 11) is 0. The smallest absolute Gasteiger partial charge is 0.232 e. The molecule has 2 aliphatic rings. The topological polar surface area (TPSA) is 49.9 Å². The fourth-order valence-corrected chi connectivity index (χ4v) is 4.63. The molecule has 0 radical (unpaired) electrons. The largest absolute Gasteiger partial charge is 0.378 e. The summed E-state index contributed by atoms with van der Waals surface area (Å²) in [6, 6.07) is 5.24. The van der Waals surface area contributed by atoms with Crippen LogP contribution < -0.4 is 0 Å². The van der Waals surface area contributed by atoms with E-state index in [9.17, 15) is 9.59 Å². The number of rotatable bonds is 4. The van der Waals surface area contributed by atoms with Gasteiger partial charge in [-0.05, 0) is 31.0 Å². The number of carbonyl (C=O) groups excluding carboxylic acids is 2.